The number of aryl methyl sites for hydroxylation is 3. The van der Waals surface area contributed by atoms with Crippen molar-refractivity contribution in [2.45, 2.75) is 45.4 Å². The first-order valence-electron chi connectivity index (χ1n) is 9.48. The van der Waals surface area contributed by atoms with Crippen LogP contribution in [-0.2, 0) is 11.3 Å². The summed E-state index contributed by atoms with van der Waals surface area (Å²) in [6.45, 7) is 12.4. The largest absolute Gasteiger partial charge is 0.469 e. The fourth-order valence-corrected chi connectivity index (χ4v) is 3.79. The van der Waals surface area contributed by atoms with E-state index in [1.54, 1.807) is 12.3 Å². The molecule has 0 aliphatic rings. The maximum absolute atomic E-state index is 12.5. The number of nitrogens with zero attached hydrogens (tertiary/aromatic N) is 3. The number of carbonyl (C=O) groups is 1. The second kappa shape index (κ2) is 9.13. The van der Waals surface area contributed by atoms with Gasteiger partial charge in [0.2, 0.25) is 5.91 Å². The average molecular weight is 411 g/mol. The molecule has 0 spiro atoms. The molecule has 0 fully saturated rings. The number of aromatic nitrogens is 3. The Kier molecular flexibility index (Phi) is 6.59. The molecule has 0 saturated carbocycles. The van der Waals surface area contributed by atoms with E-state index in [1.165, 1.54) is 22.9 Å². The van der Waals surface area contributed by atoms with Gasteiger partial charge in [-0.15, -0.1) is 16.8 Å². The van der Waals surface area contributed by atoms with Crippen LogP contribution in [0.2, 0.25) is 0 Å². The van der Waals surface area contributed by atoms with Gasteiger partial charge in [-0.2, -0.15) is 0 Å². The van der Waals surface area contributed by atoms with E-state index in [-0.39, 0.29) is 17.7 Å². The molecule has 0 aliphatic carbocycles. The second-order valence-electron chi connectivity index (χ2n) is 7.02. The number of hydrogen-bond donors (Lipinski definition) is 1. The Bertz CT molecular complexity index is 1020. The van der Waals surface area contributed by atoms with Crippen molar-refractivity contribution in [3.8, 4) is 11.4 Å². The fraction of sp³-hybridized carbons (Fsp3) is 0.318. The highest BCUT2D eigenvalue weighted by Crippen LogP contribution is 2.27. The molecule has 7 heteroatoms. The number of benzene rings is 1. The van der Waals surface area contributed by atoms with Crippen molar-refractivity contribution in [3.63, 3.8) is 0 Å². The zero-order valence-corrected chi connectivity index (χ0v) is 18.0. The molecule has 6 nitrogen and oxygen atoms in total. The van der Waals surface area contributed by atoms with Crippen LogP contribution in [0.5, 0.6) is 0 Å². The molecule has 0 aliphatic heterocycles. The van der Waals surface area contributed by atoms with Crippen molar-refractivity contribution in [2.24, 2.45) is 0 Å². The Hall–Kier alpha value is -2.80. The van der Waals surface area contributed by atoms with Gasteiger partial charge in [0.15, 0.2) is 11.0 Å². The number of rotatable bonds is 8. The number of nitrogens with one attached hydrogen (secondary N) is 1. The summed E-state index contributed by atoms with van der Waals surface area (Å²) in [6, 6.07) is 8.07. The first-order chi connectivity index (χ1) is 13.9. The van der Waals surface area contributed by atoms with Crippen molar-refractivity contribution in [2.75, 3.05) is 5.75 Å². The summed E-state index contributed by atoms with van der Waals surface area (Å²) in [6.07, 6.45) is 3.42. The van der Waals surface area contributed by atoms with Crippen molar-refractivity contribution in [1.29, 1.82) is 0 Å². The van der Waals surface area contributed by atoms with Gasteiger partial charge in [-0.25, -0.2) is 0 Å². The highest BCUT2D eigenvalue weighted by atomic mass is 32.2. The van der Waals surface area contributed by atoms with Crippen molar-refractivity contribution >= 4 is 17.7 Å². The molecule has 0 bridgehead atoms. The SMILES string of the molecule is C=CCn1c(SCC(=O)NC(C)c2ccc(C)c(C)c2)nnc1-c1ccoc1C. The number of thioether (sulfide) groups is 1. The molecule has 29 heavy (non-hydrogen) atoms. The number of furan rings is 1. The summed E-state index contributed by atoms with van der Waals surface area (Å²) in [5, 5.41) is 12.3. The molecule has 2 aromatic heterocycles. The highest BCUT2D eigenvalue weighted by Gasteiger charge is 2.18. The zero-order chi connectivity index (χ0) is 21.0. The van der Waals surface area contributed by atoms with Gasteiger partial charge in [0.25, 0.3) is 0 Å². The van der Waals surface area contributed by atoms with Crippen LogP contribution in [0.25, 0.3) is 11.4 Å². The normalized spacial score (nSPS) is 12.0. The van der Waals surface area contributed by atoms with Gasteiger partial charge in [0, 0.05) is 6.54 Å². The molecule has 152 valence electrons. The maximum atomic E-state index is 12.5. The van der Waals surface area contributed by atoms with Crippen LogP contribution in [0.1, 0.15) is 35.4 Å². The molecule has 3 aromatic rings. The molecule has 1 amide bonds. The fourth-order valence-electron chi connectivity index (χ4n) is 3.04. The Balaban J connectivity index is 1.67. The quantitative estimate of drug-likeness (QED) is 0.433. The van der Waals surface area contributed by atoms with Gasteiger partial charge in [-0.05, 0) is 50.5 Å². The van der Waals surface area contributed by atoms with Gasteiger partial charge in [-0.1, -0.05) is 36.0 Å². The van der Waals surface area contributed by atoms with Gasteiger partial charge < -0.3 is 9.73 Å². The number of hydrogen-bond acceptors (Lipinski definition) is 5. The van der Waals surface area contributed by atoms with E-state index in [0.717, 1.165) is 16.9 Å². The predicted molar refractivity (Wildman–Crippen MR) is 116 cm³/mol. The Morgan fingerprint density at radius 1 is 1.28 bits per heavy atom. The molecule has 0 saturated heterocycles. The second-order valence-corrected chi connectivity index (χ2v) is 7.96. The third-order valence-corrected chi connectivity index (χ3v) is 5.84. The van der Waals surface area contributed by atoms with Gasteiger partial charge in [-0.3, -0.25) is 9.36 Å². The van der Waals surface area contributed by atoms with E-state index in [0.29, 0.717) is 17.5 Å². The lowest BCUT2D eigenvalue weighted by Gasteiger charge is -2.15. The van der Waals surface area contributed by atoms with Crippen LogP contribution in [0.3, 0.4) is 0 Å². The molecule has 1 atom stereocenters. The van der Waals surface area contributed by atoms with Crippen molar-refractivity contribution in [1.82, 2.24) is 20.1 Å². The van der Waals surface area contributed by atoms with Crippen LogP contribution < -0.4 is 5.32 Å². The molecule has 2 heterocycles. The van der Waals surface area contributed by atoms with Gasteiger partial charge >= 0.3 is 0 Å². The van der Waals surface area contributed by atoms with E-state index >= 15 is 0 Å². The number of amides is 1. The smallest absolute Gasteiger partial charge is 0.230 e. The summed E-state index contributed by atoms with van der Waals surface area (Å²) in [7, 11) is 0. The van der Waals surface area contributed by atoms with Crippen LogP contribution in [0.15, 0.2) is 52.8 Å². The predicted octanol–water partition coefficient (Wildman–Crippen LogP) is 4.62. The number of carbonyl (C=O) groups excluding carboxylic acids is 1. The lowest BCUT2D eigenvalue weighted by Crippen LogP contribution is -2.28. The van der Waals surface area contributed by atoms with E-state index < -0.39 is 0 Å². The maximum Gasteiger partial charge on any atom is 0.230 e. The van der Waals surface area contributed by atoms with Crippen molar-refractivity contribution < 1.29 is 9.21 Å². The van der Waals surface area contributed by atoms with Crippen LogP contribution in [0.4, 0.5) is 0 Å². The van der Waals surface area contributed by atoms with Crippen LogP contribution in [-0.4, -0.2) is 26.4 Å². The lowest BCUT2D eigenvalue weighted by atomic mass is 10.0. The first-order valence-corrected chi connectivity index (χ1v) is 10.5. The molecule has 0 radical (unpaired) electrons. The van der Waals surface area contributed by atoms with Gasteiger partial charge in [0.05, 0.1) is 23.6 Å². The standard InChI is InChI=1S/C22H26N4O2S/c1-6-10-26-21(19-9-11-28-17(19)5)24-25-22(26)29-13-20(27)23-16(4)18-8-7-14(2)15(3)12-18/h6-9,11-12,16H,1,10,13H2,2-5H3,(H,23,27). The van der Waals surface area contributed by atoms with E-state index in [1.807, 2.05) is 24.5 Å². The Labute approximate surface area is 175 Å². The summed E-state index contributed by atoms with van der Waals surface area (Å²) in [5.41, 5.74) is 4.45. The molecule has 1 N–H and O–H groups in total. The summed E-state index contributed by atoms with van der Waals surface area (Å²) in [4.78, 5) is 12.5. The summed E-state index contributed by atoms with van der Waals surface area (Å²) < 4.78 is 7.32. The van der Waals surface area contributed by atoms with Crippen LogP contribution >= 0.6 is 11.8 Å². The molecule has 3 rings (SSSR count). The van der Waals surface area contributed by atoms with Gasteiger partial charge in [0.1, 0.15) is 5.76 Å². The summed E-state index contributed by atoms with van der Waals surface area (Å²) in [5.74, 6) is 1.70. The molecular formula is C22H26N4O2S. The Morgan fingerprint density at radius 2 is 2.07 bits per heavy atom. The minimum atomic E-state index is -0.0578. The van der Waals surface area contributed by atoms with E-state index in [4.69, 9.17) is 4.42 Å². The summed E-state index contributed by atoms with van der Waals surface area (Å²) >= 11 is 1.36. The van der Waals surface area contributed by atoms with E-state index in [9.17, 15) is 4.79 Å². The first kappa shape index (κ1) is 20.9. The highest BCUT2D eigenvalue weighted by molar-refractivity contribution is 7.99. The minimum Gasteiger partial charge on any atom is -0.469 e. The average Bonchev–Trinajstić information content (AvgIpc) is 3.28. The zero-order valence-electron chi connectivity index (χ0n) is 17.2. The number of allylic oxidation sites excluding steroid dienone is 1. The Morgan fingerprint density at radius 3 is 2.72 bits per heavy atom. The lowest BCUT2D eigenvalue weighted by molar-refractivity contribution is -0.119. The minimum absolute atomic E-state index is 0.0464. The molecule has 1 unspecified atom stereocenters. The van der Waals surface area contributed by atoms with E-state index in [2.05, 4.69) is 54.1 Å². The monoisotopic (exact) mass is 410 g/mol. The molecular weight excluding hydrogens is 384 g/mol. The topological polar surface area (TPSA) is 73.0 Å². The van der Waals surface area contributed by atoms with Crippen molar-refractivity contribution in [3.05, 3.63) is 65.6 Å². The third-order valence-electron chi connectivity index (χ3n) is 4.87. The molecule has 1 aromatic carbocycles. The third kappa shape index (κ3) is 4.79. The van der Waals surface area contributed by atoms with Crippen LogP contribution in [0, 0.1) is 20.8 Å².